The zero-order valence-corrected chi connectivity index (χ0v) is 16.2. The zero-order valence-electron chi connectivity index (χ0n) is 16.2. The second kappa shape index (κ2) is 8.09. The predicted molar refractivity (Wildman–Crippen MR) is 105 cm³/mol. The molecule has 2 N–H and O–H groups in total. The quantitative estimate of drug-likeness (QED) is 0.848. The van der Waals surface area contributed by atoms with E-state index in [2.05, 4.69) is 51.4 Å². The van der Waals surface area contributed by atoms with Crippen LogP contribution in [-0.4, -0.2) is 40.1 Å². The van der Waals surface area contributed by atoms with Gasteiger partial charge in [0.05, 0.1) is 6.54 Å². The molecule has 3 heterocycles. The van der Waals surface area contributed by atoms with Crippen LogP contribution in [-0.2, 0) is 6.54 Å². The maximum absolute atomic E-state index is 13.7. The van der Waals surface area contributed by atoms with Crippen LogP contribution < -0.4 is 10.9 Å². The first-order chi connectivity index (χ1) is 13.1. The number of hydrazine groups is 1. The van der Waals surface area contributed by atoms with Crippen molar-refractivity contribution in [3.63, 3.8) is 0 Å². The van der Waals surface area contributed by atoms with Gasteiger partial charge in [-0.2, -0.15) is 0 Å². The first-order valence-corrected chi connectivity index (χ1v) is 10.1. The number of hydrogen-bond acceptors (Lipinski definition) is 4. The minimum atomic E-state index is -0.145. The van der Waals surface area contributed by atoms with Crippen LogP contribution in [0.4, 0.5) is 4.39 Å². The molecule has 0 radical (unpaired) electrons. The summed E-state index contributed by atoms with van der Waals surface area (Å²) in [6.45, 7) is 8.35. The highest BCUT2D eigenvalue weighted by atomic mass is 19.1. The van der Waals surface area contributed by atoms with E-state index in [9.17, 15) is 4.39 Å². The van der Waals surface area contributed by atoms with Crippen LogP contribution >= 0.6 is 0 Å². The Morgan fingerprint density at radius 1 is 1.26 bits per heavy atom. The van der Waals surface area contributed by atoms with Gasteiger partial charge in [-0.3, -0.25) is 15.8 Å². The van der Waals surface area contributed by atoms with Crippen molar-refractivity contribution in [1.29, 1.82) is 0 Å². The highest BCUT2D eigenvalue weighted by Crippen LogP contribution is 2.32. The number of likely N-dealkylation sites (tertiary alicyclic amines) is 1. The fourth-order valence-electron chi connectivity index (χ4n) is 4.63. The van der Waals surface area contributed by atoms with Gasteiger partial charge >= 0.3 is 0 Å². The number of hydrogen-bond donors (Lipinski definition) is 2. The second-order valence-corrected chi connectivity index (χ2v) is 8.17. The molecule has 0 aliphatic carbocycles. The Balaban J connectivity index is 1.36. The van der Waals surface area contributed by atoms with Crippen LogP contribution in [0.3, 0.4) is 0 Å². The summed E-state index contributed by atoms with van der Waals surface area (Å²) in [6, 6.07) is 7.89. The highest BCUT2D eigenvalue weighted by molar-refractivity contribution is 5.24. The Morgan fingerprint density at radius 2 is 2.07 bits per heavy atom. The Hall–Kier alpha value is -1.76. The van der Waals surface area contributed by atoms with Crippen molar-refractivity contribution in [2.24, 2.45) is 5.92 Å². The van der Waals surface area contributed by atoms with Crippen molar-refractivity contribution in [3.8, 4) is 0 Å². The van der Waals surface area contributed by atoms with Crippen LogP contribution in [0.15, 0.2) is 36.7 Å². The fourth-order valence-corrected chi connectivity index (χ4v) is 4.63. The van der Waals surface area contributed by atoms with Crippen LogP contribution in [0, 0.1) is 11.7 Å². The monoisotopic (exact) mass is 371 g/mol. The van der Waals surface area contributed by atoms with Crippen molar-refractivity contribution in [2.75, 3.05) is 19.6 Å². The van der Waals surface area contributed by atoms with Gasteiger partial charge in [0.15, 0.2) is 0 Å². The lowest BCUT2D eigenvalue weighted by molar-refractivity contribution is 0.147. The molecule has 2 atom stereocenters. The molecule has 2 fully saturated rings. The van der Waals surface area contributed by atoms with E-state index in [1.165, 1.54) is 6.07 Å². The molecule has 4 rings (SSSR count). The molecule has 0 amide bonds. The van der Waals surface area contributed by atoms with Crippen molar-refractivity contribution in [2.45, 2.75) is 51.2 Å². The SMILES string of the molecule is CC(C)n1ccnc1CN1CCC(C2NNCC2c2cccc(F)c2)CC1. The largest absolute Gasteiger partial charge is 0.331 e. The van der Waals surface area contributed by atoms with E-state index >= 15 is 0 Å². The molecule has 6 heteroatoms. The molecule has 1 aromatic heterocycles. The zero-order chi connectivity index (χ0) is 18.8. The summed E-state index contributed by atoms with van der Waals surface area (Å²) in [4.78, 5) is 7.06. The van der Waals surface area contributed by atoms with E-state index in [0.717, 1.165) is 50.4 Å². The Kier molecular flexibility index (Phi) is 5.57. The third-order valence-electron chi connectivity index (χ3n) is 6.11. The van der Waals surface area contributed by atoms with Gasteiger partial charge < -0.3 is 4.57 Å². The minimum Gasteiger partial charge on any atom is -0.331 e. The summed E-state index contributed by atoms with van der Waals surface area (Å²) < 4.78 is 15.9. The average molecular weight is 372 g/mol. The van der Waals surface area contributed by atoms with Crippen LogP contribution in [0.2, 0.25) is 0 Å². The van der Waals surface area contributed by atoms with Crippen LogP contribution in [0.5, 0.6) is 0 Å². The molecule has 5 nitrogen and oxygen atoms in total. The van der Waals surface area contributed by atoms with Gasteiger partial charge in [0.1, 0.15) is 11.6 Å². The summed E-state index contributed by atoms with van der Waals surface area (Å²) in [6.07, 6.45) is 6.30. The summed E-state index contributed by atoms with van der Waals surface area (Å²) >= 11 is 0. The molecule has 27 heavy (non-hydrogen) atoms. The number of benzene rings is 1. The molecule has 2 aliphatic rings. The Morgan fingerprint density at radius 3 is 2.81 bits per heavy atom. The molecule has 1 aromatic carbocycles. The fraction of sp³-hybridized carbons (Fsp3) is 0.571. The maximum Gasteiger partial charge on any atom is 0.123 e. The topological polar surface area (TPSA) is 45.1 Å². The molecular weight excluding hydrogens is 341 g/mol. The summed E-state index contributed by atoms with van der Waals surface area (Å²) in [5, 5.41) is 0. The molecule has 2 saturated heterocycles. The van der Waals surface area contributed by atoms with Gasteiger partial charge in [0.2, 0.25) is 0 Å². The first kappa shape index (κ1) is 18.6. The number of rotatable bonds is 5. The number of nitrogens with zero attached hydrogens (tertiary/aromatic N) is 3. The van der Waals surface area contributed by atoms with Gasteiger partial charge in [0, 0.05) is 36.9 Å². The molecule has 0 bridgehead atoms. The van der Waals surface area contributed by atoms with Crippen LogP contribution in [0.25, 0.3) is 0 Å². The van der Waals surface area contributed by atoms with Crippen LogP contribution in [0.1, 0.15) is 50.0 Å². The molecule has 0 saturated carbocycles. The van der Waals surface area contributed by atoms with Crippen molar-refractivity contribution < 1.29 is 4.39 Å². The van der Waals surface area contributed by atoms with E-state index in [0.29, 0.717) is 23.9 Å². The van der Waals surface area contributed by atoms with Gasteiger partial charge in [-0.25, -0.2) is 9.37 Å². The number of piperidine rings is 1. The van der Waals surface area contributed by atoms with Gasteiger partial charge in [-0.05, 0) is 63.4 Å². The molecule has 0 spiro atoms. The summed E-state index contributed by atoms with van der Waals surface area (Å²) in [7, 11) is 0. The molecule has 2 aromatic rings. The molecular formula is C21H30FN5. The van der Waals surface area contributed by atoms with E-state index in [1.807, 2.05) is 12.3 Å². The number of halogens is 1. The van der Waals surface area contributed by atoms with Gasteiger partial charge in [0.25, 0.3) is 0 Å². The normalized spacial score (nSPS) is 24.7. The van der Waals surface area contributed by atoms with Crippen molar-refractivity contribution in [1.82, 2.24) is 25.3 Å². The lowest BCUT2D eigenvalue weighted by Crippen LogP contribution is -2.44. The smallest absolute Gasteiger partial charge is 0.123 e. The number of nitrogens with one attached hydrogen (secondary N) is 2. The summed E-state index contributed by atoms with van der Waals surface area (Å²) in [5.41, 5.74) is 7.87. The lowest BCUT2D eigenvalue weighted by Gasteiger charge is -2.36. The molecule has 146 valence electrons. The summed E-state index contributed by atoms with van der Waals surface area (Å²) in [5.74, 6) is 1.95. The van der Waals surface area contributed by atoms with E-state index in [4.69, 9.17) is 0 Å². The maximum atomic E-state index is 13.7. The van der Waals surface area contributed by atoms with Gasteiger partial charge in [-0.15, -0.1) is 0 Å². The third kappa shape index (κ3) is 4.08. The van der Waals surface area contributed by atoms with Crippen molar-refractivity contribution in [3.05, 3.63) is 53.9 Å². The molecule has 2 aliphatic heterocycles. The third-order valence-corrected chi connectivity index (χ3v) is 6.11. The first-order valence-electron chi connectivity index (χ1n) is 10.1. The van der Waals surface area contributed by atoms with Gasteiger partial charge in [-0.1, -0.05) is 12.1 Å². The van der Waals surface area contributed by atoms with Crippen molar-refractivity contribution >= 4 is 0 Å². The predicted octanol–water partition coefficient (Wildman–Crippen LogP) is 3.08. The standard InChI is InChI=1S/C21H30FN5/c1-15(2)27-11-8-23-20(27)14-26-9-6-16(7-10-26)21-19(13-24-25-21)17-4-3-5-18(22)12-17/h3-5,8,11-12,15-16,19,21,24-25H,6-7,9-10,13-14H2,1-2H3. The highest BCUT2D eigenvalue weighted by Gasteiger charge is 2.36. The number of aromatic nitrogens is 2. The van der Waals surface area contributed by atoms with E-state index in [-0.39, 0.29) is 5.82 Å². The number of imidazole rings is 1. The molecule has 2 unspecified atom stereocenters. The Labute approximate surface area is 160 Å². The van der Waals surface area contributed by atoms with E-state index in [1.54, 1.807) is 6.07 Å². The Bertz CT molecular complexity index is 751. The average Bonchev–Trinajstić information content (AvgIpc) is 3.32. The minimum absolute atomic E-state index is 0.145. The lowest BCUT2D eigenvalue weighted by atomic mass is 9.80. The van der Waals surface area contributed by atoms with E-state index < -0.39 is 0 Å². The second-order valence-electron chi connectivity index (χ2n) is 8.17.